The Morgan fingerprint density at radius 2 is 1.96 bits per heavy atom. The zero-order valence-electron chi connectivity index (χ0n) is 14.4. The topological polar surface area (TPSA) is 44.8 Å². The maximum atomic E-state index is 12.8. The largest absolute Gasteiger partial charge is 0.490 e. The van der Waals surface area contributed by atoms with Gasteiger partial charge in [0.1, 0.15) is 24.0 Å². The predicted octanol–water partition coefficient (Wildman–Crippen LogP) is 5.14. The first-order valence-electron chi connectivity index (χ1n) is 7.98. The summed E-state index contributed by atoms with van der Waals surface area (Å²) in [7, 11) is 0. The number of rotatable bonds is 9. The molecule has 2 aromatic carbocycles. The first kappa shape index (κ1) is 20.7. The second kappa shape index (κ2) is 9.94. The fourth-order valence-electron chi connectivity index (χ4n) is 2.29. The summed E-state index contributed by atoms with van der Waals surface area (Å²) >= 11 is 7.61. The smallest absolute Gasteiger partial charge is 0.343 e. The Morgan fingerprint density at radius 3 is 2.62 bits per heavy atom. The van der Waals surface area contributed by atoms with Gasteiger partial charge in [-0.25, -0.2) is 4.79 Å². The lowest BCUT2D eigenvalue weighted by Crippen LogP contribution is -2.27. The number of esters is 1. The van der Waals surface area contributed by atoms with E-state index < -0.39 is 11.6 Å². The molecule has 26 heavy (non-hydrogen) atoms. The zero-order valence-corrected chi connectivity index (χ0v) is 17.3. The second-order valence-corrected chi connectivity index (χ2v) is 7.04. The molecule has 0 aliphatic carbocycles. The average molecular weight is 487 g/mol. The monoisotopic (exact) mass is 486 g/mol. The quantitative estimate of drug-likeness (QED) is 0.162. The van der Waals surface area contributed by atoms with E-state index in [1.807, 2.05) is 36.4 Å². The van der Waals surface area contributed by atoms with Crippen molar-refractivity contribution in [2.45, 2.75) is 12.5 Å². The zero-order chi connectivity index (χ0) is 19.0. The first-order valence-corrected chi connectivity index (χ1v) is 9.60. The molecule has 6 heteroatoms. The minimum Gasteiger partial charge on any atom is -0.490 e. The van der Waals surface area contributed by atoms with Crippen molar-refractivity contribution in [2.75, 3.05) is 19.3 Å². The van der Waals surface area contributed by atoms with E-state index in [0.29, 0.717) is 17.9 Å². The van der Waals surface area contributed by atoms with E-state index in [9.17, 15) is 4.79 Å². The Bertz CT molecular complexity index is 751. The summed E-state index contributed by atoms with van der Waals surface area (Å²) in [5, 5.41) is 0. The van der Waals surface area contributed by atoms with Crippen LogP contribution in [-0.4, -0.2) is 25.2 Å². The maximum absolute atomic E-state index is 12.8. The standard InChI is InChI=1S/C20H20ClIO4/c1-3-20(2,15-7-5-4-6-8-15)26-19(23)17-13-16(22)9-10-18(17)25-12-11-24-14-21/h3-10,13H,1,11-12,14H2,2H3. The lowest BCUT2D eigenvalue weighted by molar-refractivity contribution is 0.00882. The van der Waals surface area contributed by atoms with Gasteiger partial charge in [0.25, 0.3) is 0 Å². The number of alkyl halides is 1. The molecule has 0 spiro atoms. The summed E-state index contributed by atoms with van der Waals surface area (Å²) in [6, 6.07) is 14.9. The third-order valence-electron chi connectivity index (χ3n) is 3.77. The van der Waals surface area contributed by atoms with Crippen molar-refractivity contribution in [3.63, 3.8) is 0 Å². The van der Waals surface area contributed by atoms with Gasteiger partial charge in [-0.15, -0.1) is 0 Å². The van der Waals surface area contributed by atoms with Crippen LogP contribution in [0.2, 0.25) is 0 Å². The third kappa shape index (κ3) is 5.46. The van der Waals surface area contributed by atoms with Crippen LogP contribution in [0.15, 0.2) is 61.2 Å². The van der Waals surface area contributed by atoms with Gasteiger partial charge in [0.2, 0.25) is 0 Å². The van der Waals surface area contributed by atoms with Gasteiger partial charge in [-0.2, -0.15) is 0 Å². The summed E-state index contributed by atoms with van der Waals surface area (Å²) in [4.78, 5) is 12.8. The number of ether oxygens (including phenoxy) is 3. The molecule has 2 rings (SSSR count). The van der Waals surface area contributed by atoms with Gasteiger partial charge in [-0.3, -0.25) is 0 Å². The predicted molar refractivity (Wildman–Crippen MR) is 111 cm³/mol. The van der Waals surface area contributed by atoms with Crippen LogP contribution in [0.4, 0.5) is 0 Å². The van der Waals surface area contributed by atoms with Gasteiger partial charge in [0, 0.05) is 3.57 Å². The Morgan fingerprint density at radius 1 is 1.23 bits per heavy atom. The molecule has 0 saturated heterocycles. The van der Waals surface area contributed by atoms with Crippen molar-refractivity contribution >= 4 is 40.2 Å². The highest BCUT2D eigenvalue weighted by Gasteiger charge is 2.29. The van der Waals surface area contributed by atoms with Gasteiger partial charge < -0.3 is 14.2 Å². The van der Waals surface area contributed by atoms with Gasteiger partial charge in [0.15, 0.2) is 5.60 Å². The van der Waals surface area contributed by atoms with Crippen LogP contribution in [0, 0.1) is 3.57 Å². The van der Waals surface area contributed by atoms with Gasteiger partial charge >= 0.3 is 5.97 Å². The summed E-state index contributed by atoms with van der Waals surface area (Å²) in [6.07, 6.45) is 1.61. The molecule has 0 fully saturated rings. The minimum atomic E-state index is -0.946. The molecular weight excluding hydrogens is 467 g/mol. The maximum Gasteiger partial charge on any atom is 0.343 e. The first-order chi connectivity index (χ1) is 12.5. The number of carbonyl (C=O) groups excluding carboxylic acids is 1. The highest BCUT2D eigenvalue weighted by molar-refractivity contribution is 14.1. The SMILES string of the molecule is C=CC(C)(OC(=O)c1cc(I)ccc1OCCOCCl)c1ccccc1. The molecule has 0 saturated carbocycles. The van der Waals surface area contributed by atoms with E-state index >= 15 is 0 Å². The third-order valence-corrected chi connectivity index (χ3v) is 4.59. The molecule has 138 valence electrons. The molecule has 1 atom stereocenters. The van der Waals surface area contributed by atoms with E-state index in [4.69, 9.17) is 25.8 Å². The molecule has 0 aliphatic rings. The van der Waals surface area contributed by atoms with Gasteiger partial charge in [-0.05, 0) is 59.4 Å². The number of hydrogen-bond donors (Lipinski definition) is 0. The molecule has 2 aromatic rings. The minimum absolute atomic E-state index is 0.0969. The van der Waals surface area contributed by atoms with E-state index in [1.54, 1.807) is 25.1 Å². The summed E-state index contributed by atoms with van der Waals surface area (Å²) in [5.74, 6) is -0.0453. The molecule has 0 aliphatic heterocycles. The van der Waals surface area contributed by atoms with Gasteiger partial charge in [-0.1, -0.05) is 48.5 Å². The number of benzene rings is 2. The van der Waals surface area contributed by atoms with E-state index in [2.05, 4.69) is 29.2 Å². The van der Waals surface area contributed by atoms with Gasteiger partial charge in [0.05, 0.1) is 6.61 Å². The highest BCUT2D eigenvalue weighted by atomic mass is 127. The molecule has 0 radical (unpaired) electrons. The molecule has 1 unspecified atom stereocenters. The summed E-state index contributed by atoms with van der Waals surface area (Å²) in [5.41, 5.74) is 0.247. The van der Waals surface area contributed by atoms with E-state index in [-0.39, 0.29) is 12.7 Å². The van der Waals surface area contributed by atoms with Crippen molar-refractivity contribution in [1.82, 2.24) is 0 Å². The Balaban J connectivity index is 2.22. The van der Waals surface area contributed by atoms with Crippen LogP contribution in [0.25, 0.3) is 0 Å². The number of hydrogen-bond acceptors (Lipinski definition) is 4. The Hall–Kier alpha value is -1.57. The fourth-order valence-corrected chi connectivity index (χ4v) is 2.89. The lowest BCUT2D eigenvalue weighted by Gasteiger charge is -2.27. The van der Waals surface area contributed by atoms with Crippen molar-refractivity contribution in [2.24, 2.45) is 0 Å². The average Bonchev–Trinajstić information content (AvgIpc) is 2.66. The molecule has 4 nitrogen and oxygen atoms in total. The highest BCUT2D eigenvalue weighted by Crippen LogP contribution is 2.30. The fraction of sp³-hybridized carbons (Fsp3) is 0.250. The summed E-state index contributed by atoms with van der Waals surface area (Å²) in [6.45, 7) is 6.24. The van der Waals surface area contributed by atoms with Crippen LogP contribution in [-0.2, 0) is 15.1 Å². The van der Waals surface area contributed by atoms with Crippen LogP contribution in [0.3, 0.4) is 0 Å². The lowest BCUT2D eigenvalue weighted by atomic mass is 9.96. The van der Waals surface area contributed by atoms with Crippen LogP contribution >= 0.6 is 34.2 Å². The van der Waals surface area contributed by atoms with E-state index in [1.165, 1.54) is 0 Å². The number of carbonyl (C=O) groups is 1. The molecule has 0 amide bonds. The molecule has 0 aromatic heterocycles. The molecule has 0 N–H and O–H groups in total. The van der Waals surface area contributed by atoms with Crippen LogP contribution in [0.1, 0.15) is 22.8 Å². The normalized spacial score (nSPS) is 12.9. The molecular formula is C20H20ClIO4. The molecule has 0 heterocycles. The van der Waals surface area contributed by atoms with Crippen LogP contribution < -0.4 is 4.74 Å². The van der Waals surface area contributed by atoms with Crippen molar-refractivity contribution < 1.29 is 19.0 Å². The second-order valence-electron chi connectivity index (χ2n) is 5.57. The Kier molecular flexibility index (Phi) is 7.93. The van der Waals surface area contributed by atoms with Crippen molar-refractivity contribution in [3.8, 4) is 5.75 Å². The Labute approximate surface area is 172 Å². The number of halogens is 2. The van der Waals surface area contributed by atoms with Crippen LogP contribution in [0.5, 0.6) is 5.75 Å². The van der Waals surface area contributed by atoms with Crippen molar-refractivity contribution in [3.05, 3.63) is 75.9 Å². The summed E-state index contributed by atoms with van der Waals surface area (Å²) < 4.78 is 17.4. The van der Waals surface area contributed by atoms with Crippen molar-refractivity contribution in [1.29, 1.82) is 0 Å². The molecule has 0 bridgehead atoms. The van der Waals surface area contributed by atoms with E-state index in [0.717, 1.165) is 9.13 Å².